The van der Waals surface area contributed by atoms with Crippen LogP contribution in [0.5, 0.6) is 0 Å². The smallest absolute Gasteiger partial charge is 0.0512 e. The van der Waals surface area contributed by atoms with Crippen LogP contribution < -0.4 is 5.32 Å². The first-order chi connectivity index (χ1) is 8.16. The minimum absolute atomic E-state index is 0.773. The maximum Gasteiger partial charge on any atom is 0.0512 e. The molecule has 1 aliphatic carbocycles. The minimum Gasteiger partial charge on any atom is -0.346 e. The molecule has 2 nitrogen and oxygen atoms in total. The van der Waals surface area contributed by atoms with Crippen molar-refractivity contribution in [2.75, 3.05) is 0 Å². The van der Waals surface area contributed by atoms with Crippen LogP contribution in [-0.2, 0) is 13.6 Å². The molecule has 0 atom stereocenters. The van der Waals surface area contributed by atoms with Gasteiger partial charge in [-0.2, -0.15) is 0 Å². The van der Waals surface area contributed by atoms with E-state index in [1.54, 1.807) is 0 Å². The van der Waals surface area contributed by atoms with E-state index in [0.29, 0.717) is 0 Å². The molecule has 0 bridgehead atoms. The Morgan fingerprint density at radius 1 is 1.24 bits per heavy atom. The lowest BCUT2D eigenvalue weighted by molar-refractivity contribution is 0.655. The molecular formula is C15H20N2. The van der Waals surface area contributed by atoms with Crippen molar-refractivity contribution in [3.8, 4) is 0 Å². The molecule has 1 aromatic carbocycles. The van der Waals surface area contributed by atoms with Crippen molar-refractivity contribution < 1.29 is 0 Å². The van der Waals surface area contributed by atoms with Gasteiger partial charge in [0.2, 0.25) is 0 Å². The molecule has 17 heavy (non-hydrogen) atoms. The number of nitrogens with one attached hydrogen (secondary N) is 1. The third-order valence-electron chi connectivity index (χ3n) is 3.86. The van der Waals surface area contributed by atoms with Gasteiger partial charge in [-0.15, -0.1) is 0 Å². The summed E-state index contributed by atoms with van der Waals surface area (Å²) < 4.78 is 2.34. The zero-order valence-corrected chi connectivity index (χ0v) is 10.9. The highest BCUT2D eigenvalue weighted by molar-refractivity contribution is 5.87. The predicted molar refractivity (Wildman–Crippen MR) is 72.3 cm³/mol. The van der Waals surface area contributed by atoms with Gasteiger partial charge in [-0.3, -0.25) is 0 Å². The number of fused-ring (bicyclic) bond motifs is 1. The quantitative estimate of drug-likeness (QED) is 0.854. The topological polar surface area (TPSA) is 17.0 Å². The van der Waals surface area contributed by atoms with Crippen molar-refractivity contribution in [3.05, 3.63) is 35.0 Å². The summed E-state index contributed by atoms with van der Waals surface area (Å²) in [5.74, 6) is 0. The molecular weight excluding hydrogens is 208 g/mol. The van der Waals surface area contributed by atoms with Crippen molar-refractivity contribution in [2.24, 2.45) is 7.05 Å². The molecule has 0 amide bonds. The predicted octanol–water partition coefficient (Wildman–Crippen LogP) is 3.05. The summed E-state index contributed by atoms with van der Waals surface area (Å²) in [6, 6.07) is 7.55. The van der Waals surface area contributed by atoms with Gasteiger partial charge < -0.3 is 9.88 Å². The molecule has 2 aromatic rings. The SMILES string of the molecule is Cc1ccc(C)c2c1cc(CNC1CC1)n2C. The summed E-state index contributed by atoms with van der Waals surface area (Å²) in [5, 5.41) is 5.00. The van der Waals surface area contributed by atoms with Gasteiger partial charge >= 0.3 is 0 Å². The fraction of sp³-hybridized carbons (Fsp3) is 0.467. The third-order valence-corrected chi connectivity index (χ3v) is 3.86. The molecule has 3 rings (SSSR count). The molecule has 2 heteroatoms. The van der Waals surface area contributed by atoms with E-state index < -0.39 is 0 Å². The number of aromatic nitrogens is 1. The van der Waals surface area contributed by atoms with Crippen LogP contribution in [0.3, 0.4) is 0 Å². The Hall–Kier alpha value is -1.28. The van der Waals surface area contributed by atoms with Crippen molar-refractivity contribution in [2.45, 2.75) is 39.3 Å². The number of hydrogen-bond acceptors (Lipinski definition) is 1. The van der Waals surface area contributed by atoms with Gasteiger partial charge in [0.25, 0.3) is 0 Å². The van der Waals surface area contributed by atoms with Crippen LogP contribution in [0.25, 0.3) is 10.9 Å². The van der Waals surface area contributed by atoms with Crippen LogP contribution in [0.2, 0.25) is 0 Å². The van der Waals surface area contributed by atoms with Crippen LogP contribution in [-0.4, -0.2) is 10.6 Å². The maximum absolute atomic E-state index is 3.59. The van der Waals surface area contributed by atoms with Crippen LogP contribution >= 0.6 is 0 Å². The summed E-state index contributed by atoms with van der Waals surface area (Å²) in [6.45, 7) is 5.38. The van der Waals surface area contributed by atoms with Gasteiger partial charge in [-0.05, 0) is 43.9 Å². The average molecular weight is 228 g/mol. The van der Waals surface area contributed by atoms with Gasteiger partial charge in [0.05, 0.1) is 5.52 Å². The zero-order valence-electron chi connectivity index (χ0n) is 10.9. The summed E-state index contributed by atoms with van der Waals surface area (Å²) in [6.07, 6.45) is 2.70. The molecule has 0 spiro atoms. The van der Waals surface area contributed by atoms with Gasteiger partial charge in [0, 0.05) is 30.7 Å². The van der Waals surface area contributed by atoms with Crippen molar-refractivity contribution >= 4 is 10.9 Å². The summed E-state index contributed by atoms with van der Waals surface area (Å²) in [7, 11) is 2.18. The van der Waals surface area contributed by atoms with Crippen molar-refractivity contribution in [3.63, 3.8) is 0 Å². The third kappa shape index (κ3) is 1.87. The van der Waals surface area contributed by atoms with Gasteiger partial charge in [0.15, 0.2) is 0 Å². The molecule has 90 valence electrons. The second kappa shape index (κ2) is 3.88. The Kier molecular flexibility index (Phi) is 2.48. The fourth-order valence-electron chi connectivity index (χ4n) is 2.56. The Bertz CT molecular complexity index is 562. The second-order valence-electron chi connectivity index (χ2n) is 5.31. The van der Waals surface area contributed by atoms with Gasteiger partial charge in [-0.1, -0.05) is 12.1 Å². The van der Waals surface area contributed by atoms with Gasteiger partial charge in [-0.25, -0.2) is 0 Å². The fourth-order valence-corrected chi connectivity index (χ4v) is 2.56. The highest BCUT2D eigenvalue weighted by atomic mass is 15.0. The van der Waals surface area contributed by atoms with E-state index in [0.717, 1.165) is 12.6 Å². The standard InChI is InChI=1S/C15H20N2/c1-10-4-5-11(2)15-14(10)8-13(17(15)3)9-16-12-6-7-12/h4-5,8,12,16H,6-7,9H2,1-3H3. The lowest BCUT2D eigenvalue weighted by Crippen LogP contribution is -2.17. The van der Waals surface area contributed by atoms with Crippen LogP contribution in [0.4, 0.5) is 0 Å². The molecule has 0 radical (unpaired) electrons. The number of hydrogen-bond donors (Lipinski definition) is 1. The second-order valence-corrected chi connectivity index (χ2v) is 5.31. The molecule has 1 aromatic heterocycles. The number of aryl methyl sites for hydroxylation is 3. The van der Waals surface area contributed by atoms with E-state index >= 15 is 0 Å². The van der Waals surface area contributed by atoms with Crippen LogP contribution in [0, 0.1) is 13.8 Å². The number of rotatable bonds is 3. The summed E-state index contributed by atoms with van der Waals surface area (Å²) in [5.41, 5.74) is 5.52. The molecule has 0 aliphatic heterocycles. The monoisotopic (exact) mass is 228 g/mol. The first kappa shape index (κ1) is 10.8. The summed E-state index contributed by atoms with van der Waals surface area (Å²) in [4.78, 5) is 0. The van der Waals surface area contributed by atoms with Crippen LogP contribution in [0.1, 0.15) is 29.7 Å². The molecule has 1 N–H and O–H groups in total. The lowest BCUT2D eigenvalue weighted by Gasteiger charge is -2.07. The molecule has 0 saturated heterocycles. The van der Waals surface area contributed by atoms with E-state index in [1.165, 1.54) is 40.6 Å². The first-order valence-electron chi connectivity index (χ1n) is 6.44. The van der Waals surface area contributed by atoms with Crippen molar-refractivity contribution in [1.82, 2.24) is 9.88 Å². The highest BCUT2D eigenvalue weighted by Crippen LogP contribution is 2.26. The van der Waals surface area contributed by atoms with E-state index in [9.17, 15) is 0 Å². The number of benzene rings is 1. The van der Waals surface area contributed by atoms with E-state index in [2.05, 4.69) is 49.0 Å². The first-order valence-corrected chi connectivity index (χ1v) is 6.44. The largest absolute Gasteiger partial charge is 0.346 e. The molecule has 1 heterocycles. The van der Waals surface area contributed by atoms with E-state index in [4.69, 9.17) is 0 Å². The Morgan fingerprint density at radius 2 is 1.94 bits per heavy atom. The lowest BCUT2D eigenvalue weighted by atomic mass is 10.1. The van der Waals surface area contributed by atoms with E-state index in [1.807, 2.05) is 0 Å². The van der Waals surface area contributed by atoms with Gasteiger partial charge in [0.1, 0.15) is 0 Å². The molecule has 0 unspecified atom stereocenters. The zero-order chi connectivity index (χ0) is 12.0. The average Bonchev–Trinajstić information content (AvgIpc) is 3.06. The van der Waals surface area contributed by atoms with Crippen LogP contribution in [0.15, 0.2) is 18.2 Å². The molecule has 1 fully saturated rings. The Labute approximate surface area is 103 Å². The highest BCUT2D eigenvalue weighted by Gasteiger charge is 2.20. The number of nitrogens with zero attached hydrogens (tertiary/aromatic N) is 1. The molecule has 1 aliphatic rings. The van der Waals surface area contributed by atoms with Crippen molar-refractivity contribution in [1.29, 1.82) is 0 Å². The minimum atomic E-state index is 0.773. The Morgan fingerprint density at radius 3 is 2.59 bits per heavy atom. The Balaban J connectivity index is 2.03. The maximum atomic E-state index is 3.59. The van der Waals surface area contributed by atoms with E-state index in [-0.39, 0.29) is 0 Å². The summed E-state index contributed by atoms with van der Waals surface area (Å²) >= 11 is 0. The normalized spacial score (nSPS) is 15.7. The molecule has 1 saturated carbocycles.